The first kappa shape index (κ1) is 30.7. The van der Waals surface area contributed by atoms with Crippen molar-refractivity contribution >= 4 is 17.3 Å². The topological polar surface area (TPSA) is 83.9 Å². The van der Waals surface area contributed by atoms with Crippen LogP contribution < -0.4 is 19.7 Å². The van der Waals surface area contributed by atoms with Gasteiger partial charge in [-0.2, -0.15) is 0 Å². The van der Waals surface area contributed by atoms with Crippen LogP contribution in [0, 0.1) is 12.3 Å². The fourth-order valence-corrected chi connectivity index (χ4v) is 5.51. The Balaban J connectivity index is 1.72. The van der Waals surface area contributed by atoms with E-state index in [-0.39, 0.29) is 17.1 Å². The molecule has 1 atom stereocenters. The highest BCUT2D eigenvalue weighted by Gasteiger charge is 2.37. The van der Waals surface area contributed by atoms with Gasteiger partial charge in [0.25, 0.3) is 5.91 Å². The van der Waals surface area contributed by atoms with Crippen LogP contribution in [0.25, 0.3) is 0 Å². The monoisotopic (exact) mass is 591 g/mol. The highest BCUT2D eigenvalue weighted by molar-refractivity contribution is 6.08. The number of carbonyl (C=O) groups is 1. The average Bonchev–Trinajstić information content (AvgIpc) is 3.14. The quantitative estimate of drug-likeness (QED) is 0.190. The number of para-hydroxylation sites is 1. The summed E-state index contributed by atoms with van der Waals surface area (Å²) in [5, 5.41) is 14.7. The van der Waals surface area contributed by atoms with Crippen molar-refractivity contribution in [1.29, 1.82) is 0 Å². The van der Waals surface area contributed by atoms with Gasteiger partial charge in [0.15, 0.2) is 11.5 Å². The van der Waals surface area contributed by atoms with E-state index in [1.165, 1.54) is 0 Å². The van der Waals surface area contributed by atoms with Gasteiger partial charge >= 0.3 is 0 Å². The van der Waals surface area contributed by atoms with Crippen LogP contribution in [-0.2, 0) is 6.61 Å². The van der Waals surface area contributed by atoms with Gasteiger partial charge < -0.3 is 19.9 Å². The summed E-state index contributed by atoms with van der Waals surface area (Å²) in [6.45, 7) is 10.9. The van der Waals surface area contributed by atoms with E-state index >= 15 is 0 Å². The fraction of sp³-hybridized carbons (Fsp3) is 0.297. The lowest BCUT2D eigenvalue weighted by Crippen LogP contribution is -2.36. The van der Waals surface area contributed by atoms with Crippen molar-refractivity contribution in [2.24, 2.45) is 5.41 Å². The number of anilines is 2. The van der Waals surface area contributed by atoms with Crippen LogP contribution in [0.4, 0.5) is 11.4 Å². The summed E-state index contributed by atoms with van der Waals surface area (Å²) in [7, 11) is 1.62. The first-order chi connectivity index (χ1) is 21.1. The highest BCUT2D eigenvalue weighted by Crippen LogP contribution is 2.48. The van der Waals surface area contributed by atoms with Gasteiger partial charge in [0.05, 0.1) is 18.8 Å². The van der Waals surface area contributed by atoms with Crippen molar-refractivity contribution < 1.29 is 19.4 Å². The number of aromatic hydroxyl groups is 1. The summed E-state index contributed by atoms with van der Waals surface area (Å²) in [5.41, 5.74) is 5.89. The van der Waals surface area contributed by atoms with E-state index < -0.39 is 6.04 Å². The van der Waals surface area contributed by atoms with Crippen LogP contribution in [0.5, 0.6) is 17.2 Å². The van der Waals surface area contributed by atoms with Gasteiger partial charge in [0.2, 0.25) is 0 Å². The van der Waals surface area contributed by atoms with Crippen molar-refractivity contribution in [1.82, 2.24) is 4.98 Å². The van der Waals surface area contributed by atoms with E-state index in [1.54, 1.807) is 30.2 Å². The van der Waals surface area contributed by atoms with Crippen molar-refractivity contribution in [3.05, 3.63) is 119 Å². The molecule has 0 saturated heterocycles. The summed E-state index contributed by atoms with van der Waals surface area (Å²) in [5.74, 6) is 0.970. The van der Waals surface area contributed by atoms with Gasteiger partial charge in [-0.15, -0.1) is 0 Å². The molecule has 0 bridgehead atoms. The molecule has 0 radical (unpaired) electrons. The molecule has 228 valence electrons. The predicted octanol–water partition coefficient (Wildman–Crippen LogP) is 8.60. The van der Waals surface area contributed by atoms with E-state index in [4.69, 9.17) is 9.47 Å². The highest BCUT2D eigenvalue weighted by atomic mass is 16.5. The van der Waals surface area contributed by atoms with E-state index in [9.17, 15) is 9.90 Å². The van der Waals surface area contributed by atoms with E-state index in [0.717, 1.165) is 40.9 Å². The summed E-state index contributed by atoms with van der Waals surface area (Å²) < 4.78 is 12.0. The number of nitrogens with zero attached hydrogens (tertiary/aromatic N) is 2. The number of allylic oxidation sites excluding steroid dienone is 1. The summed E-state index contributed by atoms with van der Waals surface area (Å²) >= 11 is 0. The second kappa shape index (κ2) is 12.8. The number of benzene rings is 3. The average molecular weight is 592 g/mol. The molecule has 4 aromatic rings. The van der Waals surface area contributed by atoms with Crippen molar-refractivity contribution in [3.63, 3.8) is 0 Å². The summed E-state index contributed by atoms with van der Waals surface area (Å²) in [6.07, 6.45) is 1.68. The number of pyridine rings is 1. The van der Waals surface area contributed by atoms with E-state index in [0.29, 0.717) is 35.2 Å². The number of hydrogen-bond donors (Lipinski definition) is 2. The molecule has 2 heterocycles. The molecule has 0 spiro atoms. The number of ether oxygens (including phenoxy) is 2. The van der Waals surface area contributed by atoms with Gasteiger partial charge in [0.1, 0.15) is 23.7 Å². The SMILES string of the molecule is CCC(C)(C)CC1=C(C)C(c2ccc(OC)c(OCc3ccccc3)c2)N(C(=O)c2cccc(C)n2)c2cccc(O)c2N1. The molecular formula is C37H41N3O4. The number of hydrogen-bond acceptors (Lipinski definition) is 6. The molecule has 1 aliphatic heterocycles. The summed E-state index contributed by atoms with van der Waals surface area (Å²) in [4.78, 5) is 20.9. The third-order valence-electron chi connectivity index (χ3n) is 8.38. The predicted molar refractivity (Wildman–Crippen MR) is 175 cm³/mol. The van der Waals surface area contributed by atoms with Gasteiger partial charge in [-0.3, -0.25) is 9.69 Å². The Kier molecular flexibility index (Phi) is 8.95. The number of amides is 1. The fourth-order valence-electron chi connectivity index (χ4n) is 5.51. The van der Waals surface area contributed by atoms with Crippen molar-refractivity contribution in [3.8, 4) is 17.2 Å². The van der Waals surface area contributed by atoms with E-state index in [1.807, 2.05) is 73.7 Å². The maximum absolute atomic E-state index is 14.6. The van der Waals surface area contributed by atoms with Gasteiger partial charge in [0, 0.05) is 11.4 Å². The number of carbonyl (C=O) groups excluding carboxylic acids is 1. The molecule has 1 amide bonds. The maximum atomic E-state index is 14.6. The molecule has 2 N–H and O–H groups in total. The molecular weight excluding hydrogens is 550 g/mol. The van der Waals surface area contributed by atoms with Crippen molar-refractivity contribution in [2.45, 2.75) is 60.1 Å². The van der Waals surface area contributed by atoms with E-state index in [2.05, 4.69) is 38.0 Å². The minimum atomic E-state index is -0.534. The lowest BCUT2D eigenvalue weighted by molar-refractivity contribution is 0.0975. The standard InChI is InChI=1S/C37H41N3O4/c1-7-37(4,5)22-29-25(3)35(27-19-20-32(43-6)33(21-27)44-23-26-14-9-8-10-15-26)40(30-17-12-18-31(41)34(30)39-29)36(42)28-16-11-13-24(2)38-28/h8-21,35,39,41H,7,22-23H2,1-6H3. The number of nitrogens with one attached hydrogen (secondary N) is 1. The number of rotatable bonds is 9. The molecule has 5 rings (SSSR count). The zero-order chi connectivity index (χ0) is 31.4. The second-order valence-corrected chi connectivity index (χ2v) is 12.1. The Hall–Kier alpha value is -4.78. The van der Waals surface area contributed by atoms with Crippen LogP contribution >= 0.6 is 0 Å². The molecule has 0 saturated carbocycles. The first-order valence-corrected chi connectivity index (χ1v) is 15.0. The van der Waals surface area contributed by atoms with Crippen LogP contribution in [0.3, 0.4) is 0 Å². The maximum Gasteiger partial charge on any atom is 0.277 e. The number of methoxy groups -OCH3 is 1. The Morgan fingerprint density at radius 1 is 0.977 bits per heavy atom. The third-order valence-corrected chi connectivity index (χ3v) is 8.38. The number of fused-ring (bicyclic) bond motifs is 1. The smallest absolute Gasteiger partial charge is 0.277 e. The Morgan fingerprint density at radius 2 is 1.73 bits per heavy atom. The number of phenols is 1. The molecule has 0 aliphatic carbocycles. The molecule has 1 aliphatic rings. The number of aryl methyl sites for hydroxylation is 1. The first-order valence-electron chi connectivity index (χ1n) is 15.0. The molecule has 1 aromatic heterocycles. The zero-order valence-corrected chi connectivity index (χ0v) is 26.3. The molecule has 1 unspecified atom stereocenters. The Morgan fingerprint density at radius 3 is 2.43 bits per heavy atom. The lowest BCUT2D eigenvalue weighted by Gasteiger charge is -2.33. The minimum Gasteiger partial charge on any atom is -0.506 e. The number of aromatic nitrogens is 1. The molecule has 0 fully saturated rings. The molecule has 7 nitrogen and oxygen atoms in total. The number of phenolic OH excluding ortho intramolecular Hbond substituents is 1. The molecule has 3 aromatic carbocycles. The van der Waals surface area contributed by atoms with Crippen molar-refractivity contribution in [2.75, 3.05) is 17.3 Å². The minimum absolute atomic E-state index is 0.0279. The Labute approximate surface area is 260 Å². The second-order valence-electron chi connectivity index (χ2n) is 12.1. The van der Waals surface area contributed by atoms with Crippen LogP contribution in [0.1, 0.15) is 73.9 Å². The molecule has 7 heteroatoms. The molecule has 44 heavy (non-hydrogen) atoms. The van der Waals surface area contributed by atoms with Gasteiger partial charge in [-0.05, 0) is 78.8 Å². The van der Waals surface area contributed by atoms with Gasteiger partial charge in [-0.25, -0.2) is 4.98 Å². The normalized spacial score (nSPS) is 14.9. The summed E-state index contributed by atoms with van der Waals surface area (Å²) in [6, 6.07) is 25.9. The zero-order valence-electron chi connectivity index (χ0n) is 26.3. The van der Waals surface area contributed by atoms with Gasteiger partial charge in [-0.1, -0.05) is 75.7 Å². The Bertz CT molecular complexity index is 1680. The lowest BCUT2D eigenvalue weighted by atomic mass is 9.83. The van der Waals surface area contributed by atoms with Crippen LogP contribution in [0.2, 0.25) is 0 Å². The van der Waals surface area contributed by atoms with Crippen LogP contribution in [-0.4, -0.2) is 23.1 Å². The third kappa shape index (κ3) is 6.42. The van der Waals surface area contributed by atoms with Crippen LogP contribution in [0.15, 0.2) is 96.2 Å². The largest absolute Gasteiger partial charge is 0.506 e.